The van der Waals surface area contributed by atoms with Crippen molar-refractivity contribution < 1.29 is 22.7 Å². The van der Waals surface area contributed by atoms with Crippen molar-refractivity contribution in [2.45, 2.75) is 18.6 Å². The average molecular weight is 223 g/mol. The Hall–Kier alpha value is -0.530. The summed E-state index contributed by atoms with van der Waals surface area (Å²) >= 11 is 0. The summed E-state index contributed by atoms with van der Waals surface area (Å²) in [6.07, 6.45) is -5.36. The maximum absolute atomic E-state index is 11.9. The zero-order valence-electron chi connectivity index (χ0n) is 6.72. The van der Waals surface area contributed by atoms with Gasteiger partial charge in [-0.05, 0) is 0 Å². The molecule has 4 nitrogen and oxygen atoms in total. The Morgan fingerprint density at radius 2 is 2.08 bits per heavy atom. The summed E-state index contributed by atoms with van der Waals surface area (Å²) in [7, 11) is 1.01. The lowest BCUT2D eigenvalue weighted by Crippen LogP contribution is -2.47. The summed E-state index contributed by atoms with van der Waals surface area (Å²) in [5, 5.41) is 0. The van der Waals surface area contributed by atoms with Crippen LogP contribution in [0, 0.1) is 0 Å². The predicted molar refractivity (Wildman–Crippen MR) is 41.0 cm³/mol. The largest absolute Gasteiger partial charge is 0.469 e. The highest BCUT2D eigenvalue weighted by atomic mass is 35.5. The van der Waals surface area contributed by atoms with Gasteiger partial charge >= 0.3 is 12.1 Å². The average Bonchev–Trinajstić information content (AvgIpc) is 1.97. The van der Waals surface area contributed by atoms with E-state index in [0.717, 1.165) is 7.11 Å². The van der Waals surface area contributed by atoms with E-state index in [1.807, 2.05) is 0 Å². The van der Waals surface area contributed by atoms with Crippen LogP contribution in [0.2, 0.25) is 0 Å². The molecule has 0 radical (unpaired) electrons. The van der Waals surface area contributed by atoms with Gasteiger partial charge in [0.15, 0.2) is 0 Å². The lowest BCUT2D eigenvalue weighted by atomic mass is 10.2. The summed E-state index contributed by atoms with van der Waals surface area (Å²) < 4.78 is 39.6. The molecular formula is C5H10ClF3N2O2. The van der Waals surface area contributed by atoms with Gasteiger partial charge in [0.05, 0.1) is 13.5 Å². The van der Waals surface area contributed by atoms with Crippen molar-refractivity contribution in [1.82, 2.24) is 5.43 Å². The van der Waals surface area contributed by atoms with Gasteiger partial charge in [-0.1, -0.05) is 0 Å². The minimum atomic E-state index is -4.54. The number of alkyl halides is 3. The molecule has 3 N–H and O–H groups in total. The molecule has 0 unspecified atom stereocenters. The van der Waals surface area contributed by atoms with Gasteiger partial charge in [-0.25, -0.2) is 5.43 Å². The van der Waals surface area contributed by atoms with Crippen LogP contribution in [0.25, 0.3) is 0 Å². The lowest BCUT2D eigenvalue weighted by molar-refractivity contribution is -0.168. The molecule has 0 aliphatic heterocycles. The van der Waals surface area contributed by atoms with Crippen molar-refractivity contribution in [2.24, 2.45) is 5.84 Å². The first-order valence-corrected chi connectivity index (χ1v) is 3.01. The number of hydrogen-bond donors (Lipinski definition) is 2. The molecule has 0 heterocycles. The van der Waals surface area contributed by atoms with Gasteiger partial charge in [0.25, 0.3) is 0 Å². The van der Waals surface area contributed by atoms with Gasteiger partial charge in [-0.2, -0.15) is 13.2 Å². The van der Waals surface area contributed by atoms with Gasteiger partial charge in [-0.15, -0.1) is 12.4 Å². The Balaban J connectivity index is 0. The van der Waals surface area contributed by atoms with Crippen LogP contribution >= 0.6 is 12.4 Å². The van der Waals surface area contributed by atoms with E-state index < -0.39 is 24.6 Å². The van der Waals surface area contributed by atoms with E-state index in [2.05, 4.69) is 10.6 Å². The highest BCUT2D eigenvalue weighted by Gasteiger charge is 2.40. The molecule has 0 aliphatic carbocycles. The van der Waals surface area contributed by atoms with Crippen molar-refractivity contribution in [3.63, 3.8) is 0 Å². The van der Waals surface area contributed by atoms with Crippen LogP contribution in [0.3, 0.4) is 0 Å². The Kier molecular flexibility index (Phi) is 6.91. The molecule has 0 saturated carbocycles. The quantitative estimate of drug-likeness (QED) is 0.411. The third kappa shape index (κ3) is 5.67. The number of nitrogens with one attached hydrogen (secondary N) is 1. The molecule has 80 valence electrons. The fourth-order valence-electron chi connectivity index (χ4n) is 0.519. The van der Waals surface area contributed by atoms with Gasteiger partial charge < -0.3 is 4.74 Å². The van der Waals surface area contributed by atoms with Crippen LogP contribution in [-0.2, 0) is 9.53 Å². The summed E-state index contributed by atoms with van der Waals surface area (Å²) in [6, 6.07) is -2.05. The summed E-state index contributed by atoms with van der Waals surface area (Å²) in [5.41, 5.74) is 1.48. The minimum Gasteiger partial charge on any atom is -0.469 e. The van der Waals surface area contributed by atoms with E-state index in [0.29, 0.717) is 0 Å². The summed E-state index contributed by atoms with van der Waals surface area (Å²) in [4.78, 5) is 10.4. The van der Waals surface area contributed by atoms with Gasteiger partial charge in [0.1, 0.15) is 6.04 Å². The first kappa shape index (κ1) is 15.0. The topological polar surface area (TPSA) is 64.3 Å². The maximum Gasteiger partial charge on any atom is 0.405 e. The fraction of sp³-hybridized carbons (Fsp3) is 0.800. The van der Waals surface area contributed by atoms with E-state index >= 15 is 0 Å². The second kappa shape index (κ2) is 6.01. The standard InChI is InChI=1S/C5H9F3N2O2.ClH/c1-12-4(11)2-3(10-9)5(6,7)8;/h3,10H,2,9H2,1H3;1H/t3-;/m1./s1. The molecule has 0 amide bonds. The molecule has 8 heteroatoms. The van der Waals surface area contributed by atoms with Crippen LogP contribution < -0.4 is 11.3 Å². The molecule has 0 aliphatic rings. The number of ether oxygens (including phenoxy) is 1. The Morgan fingerprint density at radius 3 is 2.31 bits per heavy atom. The second-order valence-electron chi connectivity index (χ2n) is 2.04. The van der Waals surface area contributed by atoms with E-state index in [4.69, 9.17) is 0 Å². The second-order valence-corrected chi connectivity index (χ2v) is 2.04. The SMILES string of the molecule is COC(=O)C[C@@H](NN)C(F)(F)F.Cl. The first-order chi connectivity index (χ1) is 5.41. The van der Waals surface area contributed by atoms with E-state index in [1.165, 1.54) is 5.43 Å². The highest BCUT2D eigenvalue weighted by molar-refractivity contribution is 5.85. The molecule has 0 fully saturated rings. The Bertz CT molecular complexity index is 164. The number of methoxy groups -OCH3 is 1. The van der Waals surface area contributed by atoms with Gasteiger partial charge in [0.2, 0.25) is 0 Å². The monoisotopic (exact) mass is 222 g/mol. The van der Waals surface area contributed by atoms with Crippen molar-refractivity contribution in [3.8, 4) is 0 Å². The van der Waals surface area contributed by atoms with Crippen LogP contribution in [0.4, 0.5) is 13.2 Å². The maximum atomic E-state index is 11.9. The number of hydrazine groups is 1. The van der Waals surface area contributed by atoms with Crippen LogP contribution in [0.15, 0.2) is 0 Å². The number of carbonyl (C=O) groups excluding carboxylic acids is 1. The Labute approximate surface area is 79.0 Å². The summed E-state index contributed by atoms with van der Waals surface area (Å²) in [6.45, 7) is 0. The van der Waals surface area contributed by atoms with E-state index in [9.17, 15) is 18.0 Å². The van der Waals surface area contributed by atoms with Crippen LogP contribution in [0.1, 0.15) is 6.42 Å². The highest BCUT2D eigenvalue weighted by Crippen LogP contribution is 2.21. The number of nitrogens with two attached hydrogens (primary N) is 1. The van der Waals surface area contributed by atoms with Crippen molar-refractivity contribution in [1.29, 1.82) is 0 Å². The zero-order valence-corrected chi connectivity index (χ0v) is 7.54. The number of hydrogen-bond acceptors (Lipinski definition) is 4. The van der Waals surface area contributed by atoms with Crippen LogP contribution in [0.5, 0.6) is 0 Å². The Morgan fingerprint density at radius 1 is 1.62 bits per heavy atom. The molecule has 1 atom stereocenters. The fourth-order valence-corrected chi connectivity index (χ4v) is 0.519. The third-order valence-electron chi connectivity index (χ3n) is 1.19. The number of halogens is 4. The van der Waals surface area contributed by atoms with Gasteiger partial charge in [-0.3, -0.25) is 10.6 Å². The molecule has 0 bridgehead atoms. The molecule has 0 spiro atoms. The van der Waals surface area contributed by atoms with Gasteiger partial charge in [0, 0.05) is 0 Å². The lowest BCUT2D eigenvalue weighted by Gasteiger charge is -2.17. The third-order valence-corrected chi connectivity index (χ3v) is 1.19. The predicted octanol–water partition coefficient (Wildman–Crippen LogP) is 0.365. The number of carbonyl (C=O) groups is 1. The molecule has 0 rings (SSSR count). The number of esters is 1. The minimum absolute atomic E-state index is 0. The van der Waals surface area contributed by atoms with Crippen molar-refractivity contribution in [2.75, 3.05) is 7.11 Å². The van der Waals surface area contributed by atoms with Crippen molar-refractivity contribution in [3.05, 3.63) is 0 Å². The molecule has 13 heavy (non-hydrogen) atoms. The van der Waals surface area contributed by atoms with E-state index in [1.54, 1.807) is 0 Å². The molecule has 0 aromatic heterocycles. The smallest absolute Gasteiger partial charge is 0.405 e. The molecule has 0 aromatic carbocycles. The number of rotatable bonds is 3. The van der Waals surface area contributed by atoms with E-state index in [-0.39, 0.29) is 12.4 Å². The molecular weight excluding hydrogens is 213 g/mol. The molecule has 0 aromatic rings. The van der Waals surface area contributed by atoms with Crippen LogP contribution in [-0.4, -0.2) is 25.3 Å². The zero-order chi connectivity index (χ0) is 9.78. The molecule has 0 saturated heterocycles. The normalized spacial score (nSPS) is 13.0. The van der Waals surface area contributed by atoms with Crippen molar-refractivity contribution >= 4 is 18.4 Å². The summed E-state index contributed by atoms with van der Waals surface area (Å²) in [5.74, 6) is 3.62. The first-order valence-electron chi connectivity index (χ1n) is 3.01.